The fraction of sp³-hybridized carbons (Fsp3) is 0.429. The molecule has 2 aromatic carbocycles. The van der Waals surface area contributed by atoms with Gasteiger partial charge in [-0.25, -0.2) is 0 Å². The minimum Gasteiger partial charge on any atom is -0.507 e. The van der Waals surface area contributed by atoms with Crippen LogP contribution in [-0.2, 0) is 9.59 Å². The molecule has 1 atom stereocenters. The minimum absolute atomic E-state index is 0.0839. The van der Waals surface area contributed by atoms with E-state index >= 15 is 0 Å². The number of carbonyl (C=O) groups is 2. The zero-order chi connectivity index (χ0) is 28.0. The number of carbonyl (C=O) groups excluding carboxylic acids is 2. The van der Waals surface area contributed by atoms with Crippen molar-refractivity contribution < 1.29 is 33.6 Å². The minimum atomic E-state index is -0.925. The summed E-state index contributed by atoms with van der Waals surface area (Å²) in [6.07, 6.45) is 0. The highest BCUT2D eigenvalue weighted by molar-refractivity contribution is 6.47. The molecule has 3 rings (SSSR count). The number of halogens is 1. The normalized spacial score (nSPS) is 16.7. The number of hydrogen-bond donors (Lipinski definition) is 1. The molecule has 0 spiro atoms. The van der Waals surface area contributed by atoms with E-state index in [9.17, 15) is 14.7 Å². The van der Waals surface area contributed by atoms with Gasteiger partial charge in [0.05, 0.1) is 44.6 Å². The van der Waals surface area contributed by atoms with Gasteiger partial charge in [-0.05, 0) is 55.9 Å². The summed E-state index contributed by atoms with van der Waals surface area (Å²) in [6, 6.07) is 7.22. The van der Waals surface area contributed by atoms with Crippen molar-refractivity contribution in [3.05, 3.63) is 52.1 Å². The number of aliphatic hydroxyl groups excluding tert-OH is 1. The number of benzene rings is 2. The second-order valence-corrected chi connectivity index (χ2v) is 8.96. The van der Waals surface area contributed by atoms with E-state index in [0.717, 1.165) is 13.1 Å². The number of aliphatic hydroxyl groups is 1. The Balaban J connectivity index is 2.26. The predicted molar refractivity (Wildman–Crippen MR) is 146 cm³/mol. The number of Topliss-reactive ketones (excluding diaryl/α,β-unsaturated/α-hetero) is 1. The molecule has 1 heterocycles. The first-order chi connectivity index (χ1) is 18.3. The van der Waals surface area contributed by atoms with Crippen LogP contribution in [0.3, 0.4) is 0 Å². The molecule has 0 aromatic heterocycles. The molecule has 1 amide bonds. The zero-order valence-electron chi connectivity index (χ0n) is 22.7. The van der Waals surface area contributed by atoms with E-state index in [2.05, 4.69) is 4.90 Å². The summed E-state index contributed by atoms with van der Waals surface area (Å²) in [5, 5.41) is 11.7. The van der Waals surface area contributed by atoms with E-state index in [1.807, 2.05) is 20.8 Å². The Hall–Kier alpha value is -3.43. The Bertz CT molecular complexity index is 1180. The van der Waals surface area contributed by atoms with Gasteiger partial charge in [0.2, 0.25) is 5.75 Å². The average Bonchev–Trinajstić information content (AvgIpc) is 3.18. The van der Waals surface area contributed by atoms with Crippen LogP contribution in [0.25, 0.3) is 5.76 Å². The van der Waals surface area contributed by atoms with E-state index in [4.69, 9.17) is 30.5 Å². The number of methoxy groups -OCH3 is 3. The summed E-state index contributed by atoms with van der Waals surface area (Å²) >= 11 is 6.44. The monoisotopic (exact) mass is 546 g/mol. The van der Waals surface area contributed by atoms with E-state index in [1.165, 1.54) is 26.2 Å². The van der Waals surface area contributed by atoms with Crippen LogP contribution in [0.15, 0.2) is 35.9 Å². The Morgan fingerprint density at radius 3 is 2.16 bits per heavy atom. The maximum atomic E-state index is 13.5. The van der Waals surface area contributed by atoms with Crippen LogP contribution < -0.4 is 18.9 Å². The van der Waals surface area contributed by atoms with Crippen molar-refractivity contribution >= 4 is 29.1 Å². The first kappa shape index (κ1) is 29.1. The average molecular weight is 547 g/mol. The Labute approximate surface area is 228 Å². The highest BCUT2D eigenvalue weighted by Gasteiger charge is 2.46. The van der Waals surface area contributed by atoms with E-state index < -0.39 is 17.7 Å². The number of likely N-dealkylation sites (tertiary alicyclic amines) is 1. The van der Waals surface area contributed by atoms with E-state index in [1.54, 1.807) is 30.3 Å². The van der Waals surface area contributed by atoms with Crippen LogP contribution in [0, 0.1) is 0 Å². The summed E-state index contributed by atoms with van der Waals surface area (Å²) in [7, 11) is 4.46. The van der Waals surface area contributed by atoms with Crippen LogP contribution in [-0.4, -0.2) is 80.7 Å². The molecular formula is C28H35ClN2O7. The summed E-state index contributed by atoms with van der Waals surface area (Å²) in [4.78, 5) is 30.5. The molecule has 1 aliphatic heterocycles. The van der Waals surface area contributed by atoms with Gasteiger partial charge in [-0.2, -0.15) is 0 Å². The number of nitrogens with zero attached hydrogens (tertiary/aromatic N) is 2. The number of likely N-dealkylation sites (N-methyl/N-ethyl adjacent to an activating group) is 1. The lowest BCUT2D eigenvalue weighted by Crippen LogP contribution is -2.38. The second-order valence-electron chi connectivity index (χ2n) is 8.55. The summed E-state index contributed by atoms with van der Waals surface area (Å²) < 4.78 is 22.1. The van der Waals surface area contributed by atoms with Gasteiger partial charge < -0.3 is 33.9 Å². The van der Waals surface area contributed by atoms with Crippen LogP contribution in [0.4, 0.5) is 0 Å². The maximum absolute atomic E-state index is 13.5. The molecule has 38 heavy (non-hydrogen) atoms. The molecule has 1 saturated heterocycles. The smallest absolute Gasteiger partial charge is 0.295 e. The van der Waals surface area contributed by atoms with Crippen LogP contribution >= 0.6 is 11.6 Å². The van der Waals surface area contributed by atoms with Gasteiger partial charge in [0.25, 0.3) is 11.7 Å². The highest BCUT2D eigenvalue weighted by Crippen LogP contribution is 2.46. The molecule has 1 aliphatic rings. The predicted octanol–water partition coefficient (Wildman–Crippen LogP) is 4.53. The third-order valence-corrected chi connectivity index (χ3v) is 6.93. The molecule has 2 aromatic rings. The van der Waals surface area contributed by atoms with Gasteiger partial charge >= 0.3 is 0 Å². The number of ketones is 1. The van der Waals surface area contributed by atoms with Gasteiger partial charge in [0.1, 0.15) is 11.5 Å². The molecule has 0 aliphatic carbocycles. The van der Waals surface area contributed by atoms with Crippen LogP contribution in [0.2, 0.25) is 5.02 Å². The van der Waals surface area contributed by atoms with Gasteiger partial charge in [-0.15, -0.1) is 0 Å². The van der Waals surface area contributed by atoms with Gasteiger partial charge in [-0.3, -0.25) is 9.59 Å². The Morgan fingerprint density at radius 1 is 1.00 bits per heavy atom. The number of ether oxygens (including phenoxy) is 4. The molecule has 0 saturated carbocycles. The van der Waals surface area contributed by atoms with Crippen LogP contribution in [0.5, 0.6) is 23.0 Å². The van der Waals surface area contributed by atoms with Crippen molar-refractivity contribution in [1.82, 2.24) is 9.80 Å². The third kappa shape index (κ3) is 5.68. The molecule has 0 radical (unpaired) electrons. The van der Waals surface area contributed by atoms with E-state index in [0.29, 0.717) is 41.7 Å². The fourth-order valence-electron chi connectivity index (χ4n) is 4.59. The topological polar surface area (TPSA) is 97.8 Å². The molecule has 9 nitrogen and oxygen atoms in total. The SMILES string of the molecule is CCOc1ccc(Cl)c(/C(O)=C2\C(=O)C(=O)N(CCN(CC)CC)C2c2cc(OC)c(OC)c(OC)c2)c1. The maximum Gasteiger partial charge on any atom is 0.295 e. The molecule has 1 unspecified atom stereocenters. The second kappa shape index (κ2) is 12.9. The number of hydrogen-bond acceptors (Lipinski definition) is 8. The largest absolute Gasteiger partial charge is 0.507 e. The van der Waals surface area contributed by atoms with Gasteiger partial charge in [0.15, 0.2) is 11.5 Å². The van der Waals surface area contributed by atoms with E-state index in [-0.39, 0.29) is 28.5 Å². The molecule has 0 bridgehead atoms. The molecule has 1 fully saturated rings. The van der Waals surface area contributed by atoms with Crippen molar-refractivity contribution in [2.24, 2.45) is 0 Å². The first-order valence-electron chi connectivity index (χ1n) is 12.5. The van der Waals surface area contributed by atoms with Gasteiger partial charge in [-0.1, -0.05) is 25.4 Å². The standard InChI is InChI=1S/C28H35ClN2O7/c1-7-30(8-2)12-13-31-24(17-14-21(35-4)27(37-6)22(15-17)36-5)23(26(33)28(31)34)25(32)19-16-18(38-9-3)10-11-20(19)29/h10-11,14-16,24,32H,7-9,12-13H2,1-6H3/b25-23+. The van der Waals surface area contributed by atoms with Crippen molar-refractivity contribution in [3.8, 4) is 23.0 Å². The summed E-state index contributed by atoms with van der Waals surface area (Å²) in [5.41, 5.74) is 0.619. The zero-order valence-corrected chi connectivity index (χ0v) is 23.4. The molecule has 1 N–H and O–H groups in total. The Kier molecular flexibility index (Phi) is 9.88. The molecular weight excluding hydrogens is 512 g/mol. The van der Waals surface area contributed by atoms with Crippen LogP contribution in [0.1, 0.15) is 37.9 Å². The Morgan fingerprint density at radius 2 is 1.63 bits per heavy atom. The lowest BCUT2D eigenvalue weighted by molar-refractivity contribution is -0.140. The van der Waals surface area contributed by atoms with Crippen molar-refractivity contribution in [1.29, 1.82) is 0 Å². The summed E-state index contributed by atoms with van der Waals surface area (Å²) in [5.74, 6) is -0.364. The van der Waals surface area contributed by atoms with Crippen molar-refractivity contribution in [2.75, 3.05) is 54.1 Å². The van der Waals surface area contributed by atoms with Crippen molar-refractivity contribution in [2.45, 2.75) is 26.8 Å². The lowest BCUT2D eigenvalue weighted by Gasteiger charge is -2.29. The number of rotatable bonds is 12. The molecule has 10 heteroatoms. The number of amides is 1. The highest BCUT2D eigenvalue weighted by atomic mass is 35.5. The van der Waals surface area contributed by atoms with Crippen molar-refractivity contribution in [3.63, 3.8) is 0 Å². The quantitative estimate of drug-likeness (QED) is 0.236. The van der Waals surface area contributed by atoms with Gasteiger partial charge in [0, 0.05) is 18.7 Å². The lowest BCUT2D eigenvalue weighted by atomic mass is 9.94. The fourth-order valence-corrected chi connectivity index (χ4v) is 4.80. The molecule has 206 valence electrons. The summed E-state index contributed by atoms with van der Waals surface area (Å²) in [6.45, 7) is 8.68. The third-order valence-electron chi connectivity index (χ3n) is 6.60. The first-order valence-corrected chi connectivity index (χ1v) is 12.9.